The van der Waals surface area contributed by atoms with Crippen LogP contribution in [0.1, 0.15) is 42.1 Å². The highest BCUT2D eigenvalue weighted by Gasteiger charge is 2.28. The molecule has 6 nitrogen and oxygen atoms in total. The molecule has 1 saturated heterocycles. The summed E-state index contributed by atoms with van der Waals surface area (Å²) in [6.45, 7) is 5.30. The number of imidazole rings is 1. The van der Waals surface area contributed by atoms with Gasteiger partial charge >= 0.3 is 0 Å². The van der Waals surface area contributed by atoms with Crippen LogP contribution in [0.15, 0.2) is 73.1 Å². The number of likely N-dealkylation sites (tertiary alicyclic amines) is 1. The van der Waals surface area contributed by atoms with Gasteiger partial charge in [-0.1, -0.05) is 31.2 Å². The first-order chi connectivity index (χ1) is 17.4. The second-order valence-electron chi connectivity index (χ2n) is 10.2. The molecule has 0 saturated carbocycles. The standard InChI is InChI=1S/C30H31N5O/c1-30(14-17-34(2)18-15-30)13-16-32-29(36)25-9-7-23(8-10-25)26-11-12-28-33-20-27(35(28)21-26)24-5-3-22(19-31)4-6-24/h3-12,20-21H,13-18H2,1-2H3,(H,32,36). The lowest BCUT2D eigenvalue weighted by molar-refractivity contribution is 0.0930. The smallest absolute Gasteiger partial charge is 0.251 e. The number of hydrogen-bond donors (Lipinski definition) is 1. The van der Waals surface area contributed by atoms with Crippen LogP contribution in [-0.2, 0) is 0 Å². The third-order valence-corrected chi connectivity index (χ3v) is 7.50. The van der Waals surface area contributed by atoms with Crippen molar-refractivity contribution in [1.82, 2.24) is 19.6 Å². The molecular formula is C30H31N5O. The maximum absolute atomic E-state index is 12.7. The Kier molecular flexibility index (Phi) is 6.58. The zero-order valence-electron chi connectivity index (χ0n) is 20.9. The molecule has 36 heavy (non-hydrogen) atoms. The molecule has 2 aromatic carbocycles. The van der Waals surface area contributed by atoms with Crippen molar-refractivity contribution in [2.45, 2.75) is 26.2 Å². The summed E-state index contributed by atoms with van der Waals surface area (Å²) < 4.78 is 2.06. The number of nitrogens with one attached hydrogen (secondary N) is 1. The van der Waals surface area contributed by atoms with E-state index < -0.39 is 0 Å². The number of amides is 1. The Bertz CT molecular complexity index is 1400. The Morgan fingerprint density at radius 3 is 2.36 bits per heavy atom. The lowest BCUT2D eigenvalue weighted by Gasteiger charge is -2.38. The van der Waals surface area contributed by atoms with Gasteiger partial charge in [-0.25, -0.2) is 4.98 Å². The van der Waals surface area contributed by atoms with Crippen LogP contribution in [0.5, 0.6) is 0 Å². The van der Waals surface area contributed by atoms with E-state index in [1.807, 2.05) is 66.9 Å². The monoisotopic (exact) mass is 477 g/mol. The third-order valence-electron chi connectivity index (χ3n) is 7.50. The van der Waals surface area contributed by atoms with Gasteiger partial charge in [0, 0.05) is 23.9 Å². The van der Waals surface area contributed by atoms with Gasteiger partial charge in [0.1, 0.15) is 5.65 Å². The summed E-state index contributed by atoms with van der Waals surface area (Å²) in [5.41, 5.74) is 6.51. The van der Waals surface area contributed by atoms with Crippen LogP contribution < -0.4 is 5.32 Å². The number of carbonyl (C=O) groups is 1. The predicted octanol–water partition coefficient (Wildman–Crippen LogP) is 5.39. The van der Waals surface area contributed by atoms with E-state index in [2.05, 4.69) is 45.8 Å². The van der Waals surface area contributed by atoms with Gasteiger partial charge in [0.15, 0.2) is 0 Å². The molecule has 0 bridgehead atoms. The van der Waals surface area contributed by atoms with E-state index in [1.54, 1.807) is 0 Å². The molecule has 5 rings (SSSR count). The second-order valence-corrected chi connectivity index (χ2v) is 10.2. The van der Waals surface area contributed by atoms with E-state index in [9.17, 15) is 4.79 Å². The van der Waals surface area contributed by atoms with E-state index in [-0.39, 0.29) is 5.91 Å². The number of pyridine rings is 1. The fourth-order valence-electron chi connectivity index (χ4n) is 4.88. The highest BCUT2D eigenvalue weighted by atomic mass is 16.1. The predicted molar refractivity (Wildman–Crippen MR) is 143 cm³/mol. The fourth-order valence-corrected chi connectivity index (χ4v) is 4.88. The summed E-state index contributed by atoms with van der Waals surface area (Å²) >= 11 is 0. The van der Waals surface area contributed by atoms with E-state index in [1.165, 1.54) is 12.8 Å². The van der Waals surface area contributed by atoms with Crippen molar-refractivity contribution in [2.24, 2.45) is 5.41 Å². The minimum Gasteiger partial charge on any atom is -0.352 e. The van der Waals surface area contributed by atoms with Gasteiger partial charge in [0.2, 0.25) is 0 Å². The highest BCUT2D eigenvalue weighted by molar-refractivity contribution is 5.94. The number of nitrogens with zero attached hydrogens (tertiary/aromatic N) is 4. The molecule has 182 valence electrons. The molecule has 3 heterocycles. The molecule has 1 amide bonds. The highest BCUT2D eigenvalue weighted by Crippen LogP contribution is 2.33. The summed E-state index contributed by atoms with van der Waals surface area (Å²) in [5.74, 6) is -0.0220. The van der Waals surface area contributed by atoms with E-state index in [4.69, 9.17) is 5.26 Å². The van der Waals surface area contributed by atoms with Crippen LogP contribution >= 0.6 is 0 Å². The molecule has 1 aliphatic rings. The number of hydrogen-bond acceptors (Lipinski definition) is 4. The normalized spacial score (nSPS) is 15.5. The lowest BCUT2D eigenvalue weighted by Crippen LogP contribution is -2.38. The number of rotatable bonds is 6. The third kappa shape index (κ3) is 5.02. The molecule has 0 radical (unpaired) electrons. The van der Waals surface area contributed by atoms with Gasteiger partial charge in [0.05, 0.1) is 23.5 Å². The maximum atomic E-state index is 12.7. The van der Waals surface area contributed by atoms with Crippen LogP contribution in [-0.4, -0.2) is 46.9 Å². The Morgan fingerprint density at radius 1 is 1.00 bits per heavy atom. The van der Waals surface area contributed by atoms with Crippen LogP contribution in [0.2, 0.25) is 0 Å². The Hall–Kier alpha value is -3.95. The van der Waals surface area contributed by atoms with Crippen molar-refractivity contribution >= 4 is 11.6 Å². The molecule has 0 unspecified atom stereocenters. The summed E-state index contributed by atoms with van der Waals surface area (Å²) in [4.78, 5) is 19.6. The van der Waals surface area contributed by atoms with Crippen LogP contribution in [0.25, 0.3) is 28.0 Å². The molecular weight excluding hydrogens is 446 g/mol. The number of piperidine rings is 1. The minimum atomic E-state index is -0.0220. The summed E-state index contributed by atoms with van der Waals surface area (Å²) in [7, 11) is 2.17. The largest absolute Gasteiger partial charge is 0.352 e. The molecule has 4 aromatic rings. The number of nitriles is 1. The van der Waals surface area contributed by atoms with Gasteiger partial charge < -0.3 is 10.2 Å². The van der Waals surface area contributed by atoms with Gasteiger partial charge in [-0.3, -0.25) is 9.20 Å². The van der Waals surface area contributed by atoms with E-state index >= 15 is 0 Å². The summed E-state index contributed by atoms with van der Waals surface area (Å²) in [5, 5.41) is 12.2. The Balaban J connectivity index is 1.27. The first-order valence-electron chi connectivity index (χ1n) is 12.5. The van der Waals surface area contributed by atoms with Crippen LogP contribution in [0.4, 0.5) is 0 Å². The van der Waals surface area contributed by atoms with Crippen LogP contribution in [0.3, 0.4) is 0 Å². The number of carbonyl (C=O) groups excluding carboxylic acids is 1. The minimum absolute atomic E-state index is 0.0220. The zero-order chi connectivity index (χ0) is 25.1. The summed E-state index contributed by atoms with van der Waals surface area (Å²) in [6.07, 6.45) is 7.29. The SMILES string of the molecule is CN1CCC(C)(CCNC(=O)c2ccc(-c3ccc4ncc(-c5ccc(C#N)cc5)n4c3)cc2)CC1. The van der Waals surface area contributed by atoms with Crippen molar-refractivity contribution in [3.63, 3.8) is 0 Å². The molecule has 0 aliphatic carbocycles. The van der Waals surface area contributed by atoms with E-state index in [0.29, 0.717) is 23.1 Å². The molecule has 1 fully saturated rings. The van der Waals surface area contributed by atoms with Gasteiger partial charge in [-0.2, -0.15) is 5.26 Å². The second kappa shape index (κ2) is 9.96. The lowest BCUT2D eigenvalue weighted by atomic mass is 9.78. The topological polar surface area (TPSA) is 73.4 Å². The van der Waals surface area contributed by atoms with Crippen molar-refractivity contribution in [2.75, 3.05) is 26.7 Å². The van der Waals surface area contributed by atoms with Gasteiger partial charge in [-0.05, 0) is 92.3 Å². The van der Waals surface area contributed by atoms with Crippen molar-refractivity contribution in [3.8, 4) is 28.5 Å². The molecule has 0 atom stereocenters. The molecule has 1 aliphatic heterocycles. The number of aromatic nitrogens is 2. The number of benzene rings is 2. The first-order valence-corrected chi connectivity index (χ1v) is 12.5. The quantitative estimate of drug-likeness (QED) is 0.404. The van der Waals surface area contributed by atoms with Gasteiger partial charge in [0.25, 0.3) is 5.91 Å². The Labute approximate surface area is 212 Å². The van der Waals surface area contributed by atoms with Gasteiger partial charge in [-0.15, -0.1) is 0 Å². The van der Waals surface area contributed by atoms with Crippen molar-refractivity contribution < 1.29 is 4.79 Å². The van der Waals surface area contributed by atoms with Crippen LogP contribution in [0, 0.1) is 16.7 Å². The summed E-state index contributed by atoms with van der Waals surface area (Å²) in [6, 6.07) is 21.5. The molecule has 1 N–H and O–H groups in total. The Morgan fingerprint density at radius 2 is 1.67 bits per heavy atom. The molecule has 2 aromatic heterocycles. The zero-order valence-corrected chi connectivity index (χ0v) is 20.9. The number of fused-ring (bicyclic) bond motifs is 1. The van der Waals surface area contributed by atoms with E-state index in [0.717, 1.165) is 47.5 Å². The van der Waals surface area contributed by atoms with Crippen molar-refractivity contribution in [3.05, 3.63) is 84.2 Å². The molecule has 6 heteroatoms. The molecule has 0 spiro atoms. The first kappa shape index (κ1) is 23.8. The average molecular weight is 478 g/mol. The fraction of sp³-hybridized carbons (Fsp3) is 0.300. The van der Waals surface area contributed by atoms with Crippen molar-refractivity contribution in [1.29, 1.82) is 5.26 Å². The average Bonchev–Trinajstić information content (AvgIpc) is 3.34. The maximum Gasteiger partial charge on any atom is 0.251 e.